The average molecular weight is 632 g/mol. The van der Waals surface area contributed by atoms with Gasteiger partial charge >= 0.3 is 6.03 Å². The number of imide groups is 2. The Kier molecular flexibility index (Phi) is 5.86. The van der Waals surface area contributed by atoms with E-state index in [0.29, 0.717) is 23.7 Å². The van der Waals surface area contributed by atoms with Gasteiger partial charge in [-0.15, -0.1) is 0 Å². The lowest BCUT2D eigenvalue weighted by Gasteiger charge is -2.26. The number of ether oxygens (including phenoxy) is 3. The Morgan fingerprint density at radius 1 is 1.10 bits per heavy atom. The van der Waals surface area contributed by atoms with Crippen LogP contribution in [0.3, 0.4) is 0 Å². The zero-order chi connectivity index (χ0) is 21.4. The average Bonchev–Trinajstić information content (AvgIpc) is 3.16. The molecule has 10 heteroatoms. The first-order valence-electron chi connectivity index (χ1n) is 8.82. The lowest BCUT2D eigenvalue weighted by molar-refractivity contribution is -0.122. The molecule has 1 N–H and O–H groups in total. The van der Waals surface area contributed by atoms with Gasteiger partial charge in [0.15, 0.2) is 11.5 Å². The third-order valence-electron chi connectivity index (χ3n) is 4.34. The molecule has 0 aliphatic carbocycles. The number of nitrogens with one attached hydrogen (secondary N) is 1. The highest BCUT2D eigenvalue weighted by Crippen LogP contribution is 2.36. The molecule has 0 unspecified atom stereocenters. The second-order valence-electron chi connectivity index (χ2n) is 6.24. The molecule has 0 aromatic heterocycles. The molecule has 2 aromatic rings. The van der Waals surface area contributed by atoms with E-state index in [2.05, 4.69) is 50.5 Å². The lowest BCUT2D eigenvalue weighted by atomic mass is 10.1. The summed E-state index contributed by atoms with van der Waals surface area (Å²) >= 11 is 4.28. The van der Waals surface area contributed by atoms with E-state index in [0.717, 1.165) is 17.8 Å². The highest BCUT2D eigenvalue weighted by molar-refractivity contribution is 14.1. The molecule has 0 bridgehead atoms. The molecular weight excluding hydrogens is 618 g/mol. The molecule has 2 aliphatic heterocycles. The zero-order valence-corrected chi connectivity index (χ0v) is 19.8. The van der Waals surface area contributed by atoms with Crippen molar-refractivity contribution in [1.82, 2.24) is 5.32 Å². The van der Waals surface area contributed by atoms with Crippen molar-refractivity contribution in [2.75, 3.05) is 18.3 Å². The van der Waals surface area contributed by atoms with Crippen molar-refractivity contribution >= 4 is 74.8 Å². The molecule has 0 atom stereocenters. The Bertz CT molecular complexity index is 1090. The van der Waals surface area contributed by atoms with E-state index >= 15 is 0 Å². The Balaban J connectivity index is 1.71. The summed E-state index contributed by atoms with van der Waals surface area (Å²) in [7, 11) is 0. The smallest absolute Gasteiger partial charge is 0.335 e. The summed E-state index contributed by atoms with van der Waals surface area (Å²) in [5, 5.41) is 2.22. The number of carbonyl (C=O) groups is 3. The maximum Gasteiger partial charge on any atom is 0.335 e. The molecule has 0 spiro atoms. The van der Waals surface area contributed by atoms with E-state index in [4.69, 9.17) is 14.2 Å². The van der Waals surface area contributed by atoms with Crippen molar-refractivity contribution in [2.24, 2.45) is 0 Å². The number of barbiturate groups is 1. The van der Waals surface area contributed by atoms with Crippen LogP contribution in [0.1, 0.15) is 12.5 Å². The second kappa shape index (κ2) is 8.41. The molecule has 0 saturated carbocycles. The van der Waals surface area contributed by atoms with E-state index in [1.807, 2.05) is 19.1 Å². The summed E-state index contributed by atoms with van der Waals surface area (Å²) < 4.78 is 17.9. The summed E-state index contributed by atoms with van der Waals surface area (Å²) in [6.45, 7) is 2.49. The first-order valence-corrected chi connectivity index (χ1v) is 11.0. The maximum atomic E-state index is 13.1. The van der Waals surface area contributed by atoms with Crippen molar-refractivity contribution in [2.45, 2.75) is 6.92 Å². The van der Waals surface area contributed by atoms with Gasteiger partial charge in [-0.05, 0) is 88.0 Å². The first-order chi connectivity index (χ1) is 14.4. The SMILES string of the molecule is CCOc1c(I)cc(/C=C2\C(=O)NC(=O)N(c3ccc4c(c3)OCO4)C2=O)cc1I. The number of nitrogens with zero attached hydrogens (tertiary/aromatic N) is 1. The van der Waals surface area contributed by atoms with Crippen LogP contribution in [-0.2, 0) is 9.59 Å². The van der Waals surface area contributed by atoms with Gasteiger partial charge in [0, 0.05) is 6.07 Å². The topological polar surface area (TPSA) is 94.2 Å². The summed E-state index contributed by atoms with van der Waals surface area (Å²) in [4.78, 5) is 38.8. The number of fused-ring (bicyclic) bond motifs is 1. The van der Waals surface area contributed by atoms with Crippen molar-refractivity contribution < 1.29 is 28.6 Å². The zero-order valence-electron chi connectivity index (χ0n) is 15.5. The van der Waals surface area contributed by atoms with Crippen LogP contribution < -0.4 is 24.4 Å². The maximum absolute atomic E-state index is 13.1. The molecule has 2 aromatic carbocycles. The first kappa shape index (κ1) is 20.9. The number of urea groups is 1. The molecule has 2 heterocycles. The summed E-state index contributed by atoms with van der Waals surface area (Å²) in [6.07, 6.45) is 1.46. The van der Waals surface area contributed by atoms with Crippen LogP contribution in [0, 0.1) is 7.14 Å². The van der Waals surface area contributed by atoms with Gasteiger partial charge < -0.3 is 14.2 Å². The number of carbonyl (C=O) groups excluding carboxylic acids is 3. The van der Waals surface area contributed by atoms with Crippen LogP contribution in [0.5, 0.6) is 17.2 Å². The van der Waals surface area contributed by atoms with Gasteiger partial charge in [0.25, 0.3) is 11.8 Å². The van der Waals surface area contributed by atoms with E-state index in [1.165, 1.54) is 12.1 Å². The number of rotatable bonds is 4. The monoisotopic (exact) mass is 632 g/mol. The predicted molar refractivity (Wildman–Crippen MR) is 125 cm³/mol. The largest absolute Gasteiger partial charge is 0.492 e. The Morgan fingerprint density at radius 2 is 1.80 bits per heavy atom. The van der Waals surface area contributed by atoms with Gasteiger partial charge in [-0.1, -0.05) is 0 Å². The Hall–Kier alpha value is -2.35. The van der Waals surface area contributed by atoms with Gasteiger partial charge in [0.2, 0.25) is 6.79 Å². The predicted octanol–water partition coefficient (Wildman–Crippen LogP) is 3.69. The minimum Gasteiger partial charge on any atom is -0.492 e. The fraction of sp³-hybridized carbons (Fsp3) is 0.150. The van der Waals surface area contributed by atoms with Gasteiger partial charge in [0.05, 0.1) is 19.4 Å². The highest BCUT2D eigenvalue weighted by Gasteiger charge is 2.37. The summed E-state index contributed by atoms with van der Waals surface area (Å²) in [6, 6.07) is 7.48. The number of hydrogen-bond acceptors (Lipinski definition) is 6. The van der Waals surface area contributed by atoms with Gasteiger partial charge in [0.1, 0.15) is 11.3 Å². The minimum atomic E-state index is -0.822. The van der Waals surface area contributed by atoms with Crippen molar-refractivity contribution in [3.63, 3.8) is 0 Å². The summed E-state index contributed by atoms with van der Waals surface area (Å²) in [5.74, 6) is 0.222. The minimum absolute atomic E-state index is 0.0670. The van der Waals surface area contributed by atoms with Gasteiger partial charge in [-0.3, -0.25) is 14.9 Å². The van der Waals surface area contributed by atoms with Crippen LogP contribution in [0.15, 0.2) is 35.9 Å². The van der Waals surface area contributed by atoms with Crippen LogP contribution in [0.25, 0.3) is 6.08 Å². The highest BCUT2D eigenvalue weighted by atomic mass is 127. The molecular formula is C20H14I2N2O6. The Morgan fingerprint density at radius 3 is 2.50 bits per heavy atom. The molecule has 1 saturated heterocycles. The van der Waals surface area contributed by atoms with Crippen LogP contribution in [0.4, 0.5) is 10.5 Å². The van der Waals surface area contributed by atoms with Crippen LogP contribution >= 0.6 is 45.2 Å². The normalized spacial score (nSPS) is 16.8. The fourth-order valence-corrected chi connectivity index (χ4v) is 5.16. The molecule has 4 amide bonds. The van der Waals surface area contributed by atoms with Crippen molar-refractivity contribution in [3.05, 3.63) is 48.6 Å². The number of benzene rings is 2. The molecule has 0 radical (unpaired) electrons. The van der Waals surface area contributed by atoms with Crippen molar-refractivity contribution in [3.8, 4) is 17.2 Å². The van der Waals surface area contributed by atoms with Crippen molar-refractivity contribution in [1.29, 1.82) is 0 Å². The van der Waals surface area contributed by atoms with Crippen LogP contribution in [0.2, 0.25) is 0 Å². The molecule has 4 rings (SSSR count). The fourth-order valence-electron chi connectivity index (χ4n) is 3.03. The Labute approximate surface area is 198 Å². The summed E-state index contributed by atoms with van der Waals surface area (Å²) in [5.41, 5.74) is 0.768. The number of amides is 4. The molecule has 30 heavy (non-hydrogen) atoms. The standard InChI is InChI=1S/C20H14I2N2O6/c1-2-28-17-13(21)6-10(7-14(17)22)5-12-18(25)23-20(27)24(19(12)26)11-3-4-15-16(8-11)30-9-29-15/h3-8H,2,9H2,1H3,(H,23,25,27)/b12-5+. The van der Waals surface area contributed by atoms with Crippen LogP contribution in [-0.4, -0.2) is 31.2 Å². The van der Waals surface area contributed by atoms with E-state index in [-0.39, 0.29) is 18.1 Å². The number of anilines is 1. The number of halogens is 2. The van der Waals surface area contributed by atoms with Gasteiger partial charge in [-0.2, -0.15) is 0 Å². The van der Waals surface area contributed by atoms with E-state index < -0.39 is 17.8 Å². The molecule has 2 aliphatic rings. The van der Waals surface area contributed by atoms with E-state index in [1.54, 1.807) is 12.1 Å². The third kappa shape index (κ3) is 3.85. The third-order valence-corrected chi connectivity index (χ3v) is 5.94. The second-order valence-corrected chi connectivity index (χ2v) is 8.57. The number of hydrogen-bond donors (Lipinski definition) is 1. The van der Waals surface area contributed by atoms with Gasteiger partial charge in [-0.25, -0.2) is 9.69 Å². The molecule has 8 nitrogen and oxygen atoms in total. The molecule has 1 fully saturated rings. The lowest BCUT2D eigenvalue weighted by Crippen LogP contribution is -2.54. The molecule has 154 valence electrons. The van der Waals surface area contributed by atoms with E-state index in [9.17, 15) is 14.4 Å². The quantitative estimate of drug-likeness (QED) is 0.314.